The Morgan fingerprint density at radius 2 is 2.00 bits per heavy atom. The van der Waals surface area contributed by atoms with Crippen molar-refractivity contribution in [3.63, 3.8) is 0 Å². The predicted molar refractivity (Wildman–Crippen MR) is 118 cm³/mol. The van der Waals surface area contributed by atoms with Crippen LogP contribution < -0.4 is 10.2 Å². The number of nitrogens with zero attached hydrogens (tertiary/aromatic N) is 2. The second-order valence-corrected chi connectivity index (χ2v) is 9.23. The fourth-order valence-corrected chi connectivity index (χ4v) is 3.91. The number of fused-ring (bicyclic) bond motifs is 1. The van der Waals surface area contributed by atoms with E-state index < -0.39 is 23.9 Å². The first-order valence-corrected chi connectivity index (χ1v) is 10.4. The standard InChI is InChI=1S/C23H31N3O5/c1-14-7-8-15-11-16(9-10-18(15)20(27)19(14)25(5)6)26-13-17(30-22(26)29)12-24-21(28)31-23(2,3)4/h9-11,17,19H,1,7-8,12-13H2,2-6H3,(H,24,28). The Bertz CT molecular complexity index is 903. The number of ether oxygens (including phenoxy) is 2. The van der Waals surface area contributed by atoms with Crippen LogP contribution in [0.4, 0.5) is 15.3 Å². The van der Waals surface area contributed by atoms with E-state index >= 15 is 0 Å². The number of cyclic esters (lactones) is 1. The van der Waals surface area contributed by atoms with Crippen molar-refractivity contribution in [2.24, 2.45) is 0 Å². The summed E-state index contributed by atoms with van der Waals surface area (Å²) in [7, 11) is 3.75. The molecule has 1 aliphatic carbocycles. The molecule has 0 spiro atoms. The highest BCUT2D eigenvalue weighted by atomic mass is 16.6. The van der Waals surface area contributed by atoms with Crippen LogP contribution in [0.1, 0.15) is 43.1 Å². The zero-order chi connectivity index (χ0) is 22.9. The van der Waals surface area contributed by atoms with Crippen molar-refractivity contribution in [3.8, 4) is 0 Å². The van der Waals surface area contributed by atoms with Crippen LogP contribution in [-0.2, 0) is 15.9 Å². The molecule has 8 heteroatoms. The second kappa shape index (κ2) is 8.70. The number of benzene rings is 1. The molecule has 1 fully saturated rings. The number of rotatable bonds is 4. The Labute approximate surface area is 183 Å². The maximum absolute atomic E-state index is 13.0. The number of hydrogen-bond donors (Lipinski definition) is 1. The third-order valence-electron chi connectivity index (χ3n) is 5.28. The van der Waals surface area contributed by atoms with E-state index in [-0.39, 0.29) is 18.4 Å². The van der Waals surface area contributed by atoms with Crippen LogP contribution in [0, 0.1) is 0 Å². The highest BCUT2D eigenvalue weighted by Gasteiger charge is 2.35. The fourth-order valence-electron chi connectivity index (χ4n) is 3.91. The second-order valence-electron chi connectivity index (χ2n) is 9.23. The Kier molecular flexibility index (Phi) is 6.40. The van der Waals surface area contributed by atoms with Gasteiger partial charge in [-0.2, -0.15) is 0 Å². The van der Waals surface area contributed by atoms with Gasteiger partial charge in [0.05, 0.1) is 19.1 Å². The summed E-state index contributed by atoms with van der Waals surface area (Å²) in [4.78, 5) is 40.7. The van der Waals surface area contributed by atoms with Crippen molar-refractivity contribution in [1.29, 1.82) is 0 Å². The van der Waals surface area contributed by atoms with E-state index in [0.717, 1.165) is 11.1 Å². The molecule has 1 heterocycles. The van der Waals surface area contributed by atoms with Gasteiger partial charge in [0.2, 0.25) is 0 Å². The number of carbonyl (C=O) groups is 3. The molecule has 8 nitrogen and oxygen atoms in total. The molecule has 0 bridgehead atoms. The maximum atomic E-state index is 13.0. The largest absolute Gasteiger partial charge is 0.444 e. The molecule has 1 N–H and O–H groups in total. The monoisotopic (exact) mass is 429 g/mol. The minimum Gasteiger partial charge on any atom is -0.444 e. The Balaban J connectivity index is 1.70. The Morgan fingerprint density at radius 1 is 1.29 bits per heavy atom. The summed E-state index contributed by atoms with van der Waals surface area (Å²) in [5.74, 6) is 0.0254. The van der Waals surface area contributed by atoms with Gasteiger partial charge < -0.3 is 14.8 Å². The highest BCUT2D eigenvalue weighted by Crippen LogP contribution is 2.30. The van der Waals surface area contributed by atoms with Crippen LogP contribution in [0.15, 0.2) is 30.4 Å². The van der Waals surface area contributed by atoms with Gasteiger partial charge in [0, 0.05) is 11.3 Å². The Morgan fingerprint density at radius 3 is 2.65 bits per heavy atom. The molecule has 1 aliphatic heterocycles. The minimum absolute atomic E-state index is 0.0254. The number of carbonyl (C=O) groups excluding carboxylic acids is 3. The molecule has 31 heavy (non-hydrogen) atoms. The average molecular weight is 430 g/mol. The van der Waals surface area contributed by atoms with E-state index in [9.17, 15) is 14.4 Å². The van der Waals surface area contributed by atoms with Crippen LogP contribution in [0.25, 0.3) is 0 Å². The smallest absolute Gasteiger partial charge is 0.414 e. The molecule has 0 aromatic heterocycles. The summed E-state index contributed by atoms with van der Waals surface area (Å²) in [6, 6.07) is 5.08. The molecule has 1 aromatic rings. The van der Waals surface area contributed by atoms with E-state index in [1.54, 1.807) is 32.9 Å². The van der Waals surface area contributed by atoms with E-state index in [1.165, 1.54) is 4.90 Å². The van der Waals surface area contributed by atoms with Gasteiger partial charge in [-0.05, 0) is 71.5 Å². The van der Waals surface area contributed by atoms with Crippen molar-refractivity contribution in [1.82, 2.24) is 10.2 Å². The predicted octanol–water partition coefficient (Wildman–Crippen LogP) is 3.15. The fraction of sp³-hybridized carbons (Fsp3) is 0.522. The zero-order valence-corrected chi connectivity index (χ0v) is 18.9. The molecule has 0 radical (unpaired) electrons. The number of alkyl carbamates (subject to hydrolysis) is 1. The molecular weight excluding hydrogens is 398 g/mol. The normalized spacial score (nSPS) is 21.6. The first-order valence-electron chi connectivity index (χ1n) is 10.4. The summed E-state index contributed by atoms with van der Waals surface area (Å²) in [5.41, 5.74) is 2.53. The van der Waals surface area contributed by atoms with Crippen LogP contribution in [-0.4, -0.2) is 67.8 Å². The molecule has 2 amide bonds. The number of hydrogen-bond acceptors (Lipinski definition) is 6. The third kappa shape index (κ3) is 5.25. The van der Waals surface area contributed by atoms with Crippen molar-refractivity contribution in [3.05, 3.63) is 41.5 Å². The number of aryl methyl sites for hydroxylation is 1. The molecule has 0 saturated carbocycles. The summed E-state index contributed by atoms with van der Waals surface area (Å²) in [6.45, 7) is 9.90. The lowest BCUT2D eigenvalue weighted by Gasteiger charge is -2.23. The molecule has 1 aromatic carbocycles. The molecule has 3 rings (SSSR count). The zero-order valence-electron chi connectivity index (χ0n) is 18.9. The molecule has 2 aliphatic rings. The number of amides is 2. The molecular formula is C23H31N3O5. The molecule has 1 saturated heterocycles. The lowest BCUT2D eigenvalue weighted by molar-refractivity contribution is 0.0496. The summed E-state index contributed by atoms with van der Waals surface area (Å²) in [6.07, 6.45) is -0.131. The van der Waals surface area contributed by atoms with E-state index in [1.807, 2.05) is 25.1 Å². The van der Waals surface area contributed by atoms with Gasteiger partial charge in [-0.25, -0.2) is 9.59 Å². The van der Waals surface area contributed by atoms with Gasteiger partial charge in [0.15, 0.2) is 5.78 Å². The van der Waals surface area contributed by atoms with Crippen LogP contribution >= 0.6 is 0 Å². The van der Waals surface area contributed by atoms with Crippen LogP contribution in [0.5, 0.6) is 0 Å². The van der Waals surface area contributed by atoms with Crippen molar-refractivity contribution >= 4 is 23.7 Å². The van der Waals surface area contributed by atoms with Crippen LogP contribution in [0.2, 0.25) is 0 Å². The van der Waals surface area contributed by atoms with E-state index in [4.69, 9.17) is 9.47 Å². The molecule has 168 valence electrons. The highest BCUT2D eigenvalue weighted by molar-refractivity contribution is 6.04. The van der Waals surface area contributed by atoms with Gasteiger partial charge in [0.25, 0.3) is 0 Å². The van der Waals surface area contributed by atoms with Gasteiger partial charge >= 0.3 is 12.2 Å². The number of ketones is 1. The number of likely N-dealkylation sites (N-methyl/N-ethyl adjacent to an activating group) is 1. The van der Waals surface area contributed by atoms with Gasteiger partial charge in [0.1, 0.15) is 11.7 Å². The number of nitrogens with one attached hydrogen (secondary N) is 1. The van der Waals surface area contributed by atoms with E-state index in [0.29, 0.717) is 30.6 Å². The van der Waals surface area contributed by atoms with E-state index in [2.05, 4.69) is 11.9 Å². The van der Waals surface area contributed by atoms with Crippen molar-refractivity contribution in [2.45, 2.75) is 51.4 Å². The number of anilines is 1. The quantitative estimate of drug-likeness (QED) is 0.584. The topological polar surface area (TPSA) is 88.2 Å². The average Bonchev–Trinajstić information content (AvgIpc) is 2.97. The molecule has 2 atom stereocenters. The first-order chi connectivity index (χ1) is 14.5. The van der Waals surface area contributed by atoms with Gasteiger partial charge in [-0.1, -0.05) is 12.2 Å². The van der Waals surface area contributed by atoms with Crippen molar-refractivity contribution < 1.29 is 23.9 Å². The first kappa shape index (κ1) is 22.8. The third-order valence-corrected chi connectivity index (χ3v) is 5.28. The lowest BCUT2D eigenvalue weighted by Crippen LogP contribution is -2.38. The van der Waals surface area contributed by atoms with Gasteiger partial charge in [-0.15, -0.1) is 0 Å². The van der Waals surface area contributed by atoms with Crippen molar-refractivity contribution in [2.75, 3.05) is 32.1 Å². The molecule has 2 unspecified atom stereocenters. The summed E-state index contributed by atoms with van der Waals surface area (Å²) < 4.78 is 10.6. The summed E-state index contributed by atoms with van der Waals surface area (Å²) >= 11 is 0. The number of Topliss-reactive ketones (excluding diaryl/α,β-unsaturated/α-hetero) is 1. The van der Waals surface area contributed by atoms with Gasteiger partial charge in [-0.3, -0.25) is 14.6 Å². The minimum atomic E-state index is -0.599. The van der Waals surface area contributed by atoms with Crippen LogP contribution in [0.3, 0.4) is 0 Å². The Hall–Kier alpha value is -2.87. The SMILES string of the molecule is C=C1CCc2cc(N3CC(CNC(=O)OC(C)(C)C)OC3=O)ccc2C(=O)C1N(C)C. The summed E-state index contributed by atoms with van der Waals surface area (Å²) in [5, 5.41) is 2.63. The lowest BCUT2D eigenvalue weighted by atomic mass is 9.98. The maximum Gasteiger partial charge on any atom is 0.414 e.